The van der Waals surface area contributed by atoms with Crippen molar-refractivity contribution < 1.29 is 14.3 Å². The molecule has 6 nitrogen and oxygen atoms in total. The van der Waals surface area contributed by atoms with Gasteiger partial charge in [-0.1, -0.05) is 43.3 Å². The molecule has 28 heavy (non-hydrogen) atoms. The van der Waals surface area contributed by atoms with Gasteiger partial charge in [0.1, 0.15) is 0 Å². The first-order chi connectivity index (χ1) is 13.7. The Balaban J connectivity index is 1.64. The maximum absolute atomic E-state index is 13.1. The molecule has 3 rings (SSSR count). The van der Waals surface area contributed by atoms with E-state index in [-0.39, 0.29) is 24.5 Å². The number of ether oxygens (including phenoxy) is 1. The average molecular weight is 402 g/mol. The van der Waals surface area contributed by atoms with Crippen LogP contribution in [0.5, 0.6) is 0 Å². The first kappa shape index (κ1) is 20.4. The zero-order valence-electron chi connectivity index (χ0n) is 16.1. The highest BCUT2D eigenvalue weighted by Crippen LogP contribution is 2.22. The second-order valence-corrected chi connectivity index (χ2v) is 7.71. The second-order valence-electron chi connectivity index (χ2n) is 6.73. The molecule has 0 aliphatic carbocycles. The maximum Gasteiger partial charge on any atom is 0.315 e. The Bertz CT molecular complexity index is 746. The highest BCUT2D eigenvalue weighted by atomic mass is 32.1. The molecule has 0 bridgehead atoms. The molecule has 1 fully saturated rings. The van der Waals surface area contributed by atoms with Gasteiger partial charge in [0, 0.05) is 24.5 Å². The Labute approximate surface area is 169 Å². The standard InChI is InChI=1S/C21H27N3O3S/c1-2-18(19-9-6-14-28-19)23-21(26)22-15-17(16-7-4-3-5-8-16)20(25)24-10-12-27-13-11-24/h3-9,14,17-18H,2,10-13,15H2,1H3,(H2,22,23,26). The van der Waals surface area contributed by atoms with Crippen molar-refractivity contribution >= 4 is 23.3 Å². The van der Waals surface area contributed by atoms with E-state index in [0.29, 0.717) is 26.3 Å². The molecule has 2 unspecified atom stereocenters. The minimum absolute atomic E-state index is 0.0230. The fraction of sp³-hybridized carbons (Fsp3) is 0.429. The third-order valence-electron chi connectivity index (χ3n) is 4.89. The number of amides is 3. The molecular formula is C21H27N3O3S. The van der Waals surface area contributed by atoms with Crippen molar-refractivity contribution in [3.8, 4) is 0 Å². The summed E-state index contributed by atoms with van der Waals surface area (Å²) >= 11 is 1.63. The van der Waals surface area contributed by atoms with E-state index in [0.717, 1.165) is 16.9 Å². The lowest BCUT2D eigenvalue weighted by Crippen LogP contribution is -2.47. The summed E-state index contributed by atoms with van der Waals surface area (Å²) in [4.78, 5) is 28.5. The lowest BCUT2D eigenvalue weighted by molar-refractivity contribution is -0.136. The SMILES string of the molecule is CCC(NC(=O)NCC(C(=O)N1CCOCC1)c1ccccc1)c1cccs1. The molecule has 1 aliphatic rings. The van der Waals surface area contributed by atoms with Crippen LogP contribution in [0.2, 0.25) is 0 Å². The van der Waals surface area contributed by atoms with E-state index in [4.69, 9.17) is 4.74 Å². The van der Waals surface area contributed by atoms with Gasteiger partial charge in [-0.25, -0.2) is 4.79 Å². The summed E-state index contributed by atoms with van der Waals surface area (Å²) in [6.07, 6.45) is 0.808. The van der Waals surface area contributed by atoms with Crippen molar-refractivity contribution in [2.75, 3.05) is 32.8 Å². The number of carbonyl (C=O) groups is 2. The molecule has 1 aromatic carbocycles. The molecule has 150 valence electrons. The van der Waals surface area contributed by atoms with E-state index in [1.54, 1.807) is 11.3 Å². The van der Waals surface area contributed by atoms with Gasteiger partial charge < -0.3 is 20.3 Å². The number of benzene rings is 1. The van der Waals surface area contributed by atoms with Crippen LogP contribution in [0.4, 0.5) is 4.79 Å². The summed E-state index contributed by atoms with van der Waals surface area (Å²) in [5.74, 6) is -0.382. The van der Waals surface area contributed by atoms with Crippen molar-refractivity contribution in [1.29, 1.82) is 0 Å². The van der Waals surface area contributed by atoms with E-state index in [1.165, 1.54) is 0 Å². The van der Waals surface area contributed by atoms with Crippen LogP contribution in [0.1, 0.15) is 35.7 Å². The van der Waals surface area contributed by atoms with Crippen LogP contribution in [0.15, 0.2) is 47.8 Å². The minimum Gasteiger partial charge on any atom is -0.378 e. The molecule has 0 saturated carbocycles. The lowest BCUT2D eigenvalue weighted by atomic mass is 9.97. The van der Waals surface area contributed by atoms with Crippen molar-refractivity contribution in [3.05, 3.63) is 58.3 Å². The number of carbonyl (C=O) groups excluding carboxylic acids is 2. The van der Waals surface area contributed by atoms with Gasteiger partial charge in [0.2, 0.25) is 5.91 Å². The number of rotatable bonds is 7. The van der Waals surface area contributed by atoms with Crippen molar-refractivity contribution in [1.82, 2.24) is 15.5 Å². The fourth-order valence-electron chi connectivity index (χ4n) is 3.31. The summed E-state index contributed by atoms with van der Waals surface area (Å²) in [7, 11) is 0. The van der Waals surface area contributed by atoms with E-state index in [9.17, 15) is 9.59 Å². The second kappa shape index (κ2) is 10.2. The van der Waals surface area contributed by atoms with Crippen LogP contribution < -0.4 is 10.6 Å². The number of nitrogens with zero attached hydrogens (tertiary/aromatic N) is 1. The Hall–Kier alpha value is -2.38. The molecule has 2 aromatic rings. The van der Waals surface area contributed by atoms with Gasteiger partial charge in [-0.3, -0.25) is 4.79 Å². The molecule has 3 amide bonds. The zero-order chi connectivity index (χ0) is 19.8. The van der Waals surface area contributed by atoms with Gasteiger partial charge in [0.15, 0.2) is 0 Å². The first-order valence-corrected chi connectivity index (χ1v) is 10.6. The molecule has 2 heterocycles. The van der Waals surface area contributed by atoms with Crippen LogP contribution in [-0.2, 0) is 9.53 Å². The smallest absolute Gasteiger partial charge is 0.315 e. The normalized spacial score (nSPS) is 16.2. The van der Waals surface area contributed by atoms with Crippen molar-refractivity contribution in [2.24, 2.45) is 0 Å². The van der Waals surface area contributed by atoms with Gasteiger partial charge in [-0.05, 0) is 23.4 Å². The van der Waals surface area contributed by atoms with Gasteiger partial charge in [0.05, 0.1) is 25.2 Å². The van der Waals surface area contributed by atoms with Crippen LogP contribution in [-0.4, -0.2) is 49.7 Å². The van der Waals surface area contributed by atoms with Crippen LogP contribution >= 0.6 is 11.3 Å². The molecule has 1 aromatic heterocycles. The molecular weight excluding hydrogens is 374 g/mol. The predicted molar refractivity (Wildman–Crippen MR) is 110 cm³/mol. The quantitative estimate of drug-likeness (QED) is 0.749. The third kappa shape index (κ3) is 5.33. The Kier molecular flexibility index (Phi) is 7.45. The van der Waals surface area contributed by atoms with E-state index in [2.05, 4.69) is 10.6 Å². The number of nitrogens with one attached hydrogen (secondary N) is 2. The number of hydrogen-bond acceptors (Lipinski definition) is 4. The largest absolute Gasteiger partial charge is 0.378 e. The Morgan fingerprint density at radius 1 is 1.14 bits per heavy atom. The lowest BCUT2D eigenvalue weighted by Gasteiger charge is -2.31. The van der Waals surface area contributed by atoms with Gasteiger partial charge in [-0.15, -0.1) is 11.3 Å². The topological polar surface area (TPSA) is 70.7 Å². The van der Waals surface area contributed by atoms with E-state index >= 15 is 0 Å². The van der Waals surface area contributed by atoms with Crippen LogP contribution in [0, 0.1) is 0 Å². The zero-order valence-corrected chi connectivity index (χ0v) is 16.9. The van der Waals surface area contributed by atoms with Gasteiger partial charge in [-0.2, -0.15) is 0 Å². The number of thiophene rings is 1. The van der Waals surface area contributed by atoms with Crippen molar-refractivity contribution in [2.45, 2.75) is 25.3 Å². The maximum atomic E-state index is 13.1. The number of urea groups is 1. The van der Waals surface area contributed by atoms with Crippen molar-refractivity contribution in [3.63, 3.8) is 0 Å². The highest BCUT2D eigenvalue weighted by molar-refractivity contribution is 7.10. The molecule has 1 aliphatic heterocycles. The third-order valence-corrected chi connectivity index (χ3v) is 5.88. The first-order valence-electron chi connectivity index (χ1n) is 9.68. The molecule has 2 atom stereocenters. The summed E-state index contributed by atoms with van der Waals surface area (Å²) in [6.45, 7) is 4.59. The van der Waals surface area contributed by atoms with E-state index in [1.807, 2.05) is 59.7 Å². The highest BCUT2D eigenvalue weighted by Gasteiger charge is 2.27. The van der Waals surface area contributed by atoms with Gasteiger partial charge in [0.25, 0.3) is 0 Å². The summed E-state index contributed by atoms with van der Waals surface area (Å²) in [6, 6.07) is 13.3. The monoisotopic (exact) mass is 401 g/mol. The summed E-state index contributed by atoms with van der Waals surface area (Å²) in [5.41, 5.74) is 0.907. The summed E-state index contributed by atoms with van der Waals surface area (Å²) in [5, 5.41) is 7.92. The Morgan fingerprint density at radius 2 is 1.89 bits per heavy atom. The van der Waals surface area contributed by atoms with Crippen LogP contribution in [0.25, 0.3) is 0 Å². The molecule has 0 radical (unpaired) electrons. The molecule has 1 saturated heterocycles. The minimum atomic E-state index is -0.410. The molecule has 0 spiro atoms. The fourth-order valence-corrected chi connectivity index (χ4v) is 4.17. The Morgan fingerprint density at radius 3 is 2.54 bits per heavy atom. The van der Waals surface area contributed by atoms with Crippen LogP contribution in [0.3, 0.4) is 0 Å². The summed E-state index contributed by atoms with van der Waals surface area (Å²) < 4.78 is 5.35. The van der Waals surface area contributed by atoms with Gasteiger partial charge >= 0.3 is 6.03 Å². The number of morpholine rings is 1. The molecule has 7 heteroatoms. The molecule has 2 N–H and O–H groups in total. The van der Waals surface area contributed by atoms with E-state index < -0.39 is 5.92 Å². The predicted octanol–water partition coefficient (Wildman–Crippen LogP) is 3.14. The average Bonchev–Trinajstić information content (AvgIpc) is 3.28. The number of hydrogen-bond donors (Lipinski definition) is 2.